The summed E-state index contributed by atoms with van der Waals surface area (Å²) < 4.78 is 10.6. The van der Waals surface area contributed by atoms with Crippen molar-refractivity contribution in [3.8, 4) is 16.9 Å². The Morgan fingerprint density at radius 2 is 1.76 bits per heavy atom. The molecule has 0 aliphatic rings. The molecule has 2 aromatic carbocycles. The van der Waals surface area contributed by atoms with E-state index < -0.39 is 0 Å². The summed E-state index contributed by atoms with van der Waals surface area (Å²) in [7, 11) is 1.62. The van der Waals surface area contributed by atoms with Crippen molar-refractivity contribution in [2.24, 2.45) is 0 Å². The normalized spacial score (nSPS) is 10.8. The van der Waals surface area contributed by atoms with E-state index in [4.69, 9.17) is 9.15 Å². The first-order valence-corrected chi connectivity index (χ1v) is 6.93. The molecule has 106 valence electrons. The minimum absolute atomic E-state index is 0.296. The zero-order chi connectivity index (χ0) is 14.8. The van der Waals surface area contributed by atoms with E-state index in [2.05, 4.69) is 0 Å². The average molecular weight is 280 g/mol. The molecule has 0 saturated heterocycles. The van der Waals surface area contributed by atoms with Crippen molar-refractivity contribution < 1.29 is 9.15 Å². The lowest BCUT2D eigenvalue weighted by Gasteiger charge is -2.10. The van der Waals surface area contributed by atoms with E-state index in [9.17, 15) is 4.79 Å². The van der Waals surface area contributed by atoms with Gasteiger partial charge in [0.2, 0.25) is 0 Å². The molecule has 0 fully saturated rings. The predicted molar refractivity (Wildman–Crippen MR) is 83.9 cm³/mol. The lowest BCUT2D eigenvalue weighted by Crippen LogP contribution is -2.07. The third-order valence-electron chi connectivity index (χ3n) is 3.65. The highest BCUT2D eigenvalue weighted by Gasteiger charge is 2.14. The summed E-state index contributed by atoms with van der Waals surface area (Å²) in [5.41, 5.74) is 2.85. The third-order valence-corrected chi connectivity index (χ3v) is 3.65. The monoisotopic (exact) mass is 280 g/mol. The van der Waals surface area contributed by atoms with Crippen LogP contribution in [0.4, 0.5) is 0 Å². The minimum Gasteiger partial charge on any atom is -0.497 e. The quantitative estimate of drug-likeness (QED) is 0.680. The molecule has 1 heterocycles. The van der Waals surface area contributed by atoms with Gasteiger partial charge in [-0.3, -0.25) is 0 Å². The van der Waals surface area contributed by atoms with Crippen molar-refractivity contribution in [1.82, 2.24) is 0 Å². The van der Waals surface area contributed by atoms with Gasteiger partial charge in [-0.15, -0.1) is 0 Å². The maximum absolute atomic E-state index is 12.4. The van der Waals surface area contributed by atoms with Crippen LogP contribution in [0.25, 0.3) is 22.1 Å². The van der Waals surface area contributed by atoms with Crippen LogP contribution >= 0.6 is 0 Å². The van der Waals surface area contributed by atoms with Crippen LogP contribution in [0.1, 0.15) is 12.5 Å². The molecule has 0 bridgehead atoms. The number of ether oxygens (including phenoxy) is 1. The first-order valence-electron chi connectivity index (χ1n) is 6.93. The highest BCUT2D eigenvalue weighted by molar-refractivity contribution is 5.86. The lowest BCUT2D eigenvalue weighted by atomic mass is 9.97. The molecule has 3 heteroatoms. The van der Waals surface area contributed by atoms with E-state index in [1.54, 1.807) is 7.11 Å². The van der Waals surface area contributed by atoms with Crippen LogP contribution in [-0.4, -0.2) is 7.11 Å². The molecular formula is C18H16O3. The molecule has 21 heavy (non-hydrogen) atoms. The van der Waals surface area contributed by atoms with Crippen LogP contribution in [0.2, 0.25) is 0 Å². The van der Waals surface area contributed by atoms with Crippen LogP contribution in [-0.2, 0) is 6.42 Å². The number of methoxy groups -OCH3 is 1. The Bertz CT molecular complexity index is 829. The summed E-state index contributed by atoms with van der Waals surface area (Å²) in [4.78, 5) is 12.4. The van der Waals surface area contributed by atoms with Crippen LogP contribution in [0.15, 0.2) is 57.7 Å². The van der Waals surface area contributed by atoms with E-state index >= 15 is 0 Å². The van der Waals surface area contributed by atoms with E-state index in [1.807, 2.05) is 55.5 Å². The third kappa shape index (κ3) is 2.31. The van der Waals surface area contributed by atoms with Crippen LogP contribution < -0.4 is 10.4 Å². The first kappa shape index (κ1) is 13.4. The molecule has 0 atom stereocenters. The molecule has 3 aromatic rings. The summed E-state index contributed by atoms with van der Waals surface area (Å²) in [6, 6.07) is 15.1. The molecule has 1 aromatic heterocycles. The van der Waals surface area contributed by atoms with Crippen molar-refractivity contribution in [2.75, 3.05) is 7.11 Å². The molecule has 0 unspecified atom stereocenters. The van der Waals surface area contributed by atoms with Crippen LogP contribution in [0.5, 0.6) is 5.75 Å². The van der Waals surface area contributed by atoms with Gasteiger partial charge in [-0.05, 0) is 35.7 Å². The van der Waals surface area contributed by atoms with Gasteiger partial charge in [0.1, 0.15) is 11.3 Å². The van der Waals surface area contributed by atoms with Gasteiger partial charge in [-0.25, -0.2) is 4.79 Å². The molecule has 0 saturated carbocycles. The molecule has 0 amide bonds. The van der Waals surface area contributed by atoms with Crippen molar-refractivity contribution in [3.63, 3.8) is 0 Å². The summed E-state index contributed by atoms with van der Waals surface area (Å²) >= 11 is 0. The second kappa shape index (κ2) is 5.44. The molecular weight excluding hydrogens is 264 g/mol. The number of hydrogen-bond acceptors (Lipinski definition) is 3. The molecule has 0 aliphatic carbocycles. The molecule has 0 radical (unpaired) electrons. The van der Waals surface area contributed by atoms with E-state index in [1.165, 1.54) is 0 Å². The zero-order valence-corrected chi connectivity index (χ0v) is 12.1. The minimum atomic E-state index is -0.296. The fourth-order valence-electron chi connectivity index (χ4n) is 2.63. The summed E-state index contributed by atoms with van der Waals surface area (Å²) in [5, 5.41) is 0.991. The van der Waals surface area contributed by atoms with E-state index in [0.29, 0.717) is 11.1 Å². The number of fused-ring (bicyclic) bond motifs is 1. The number of aryl methyl sites for hydroxylation is 1. The molecule has 0 aliphatic heterocycles. The number of hydrogen-bond donors (Lipinski definition) is 0. The van der Waals surface area contributed by atoms with Crippen molar-refractivity contribution in [2.45, 2.75) is 13.3 Å². The maximum atomic E-state index is 12.4. The second-order valence-corrected chi connectivity index (χ2v) is 4.82. The van der Waals surface area contributed by atoms with Crippen molar-refractivity contribution in [1.29, 1.82) is 0 Å². The van der Waals surface area contributed by atoms with Crippen molar-refractivity contribution in [3.05, 3.63) is 64.5 Å². The Kier molecular flexibility index (Phi) is 3.48. The highest BCUT2D eigenvalue weighted by atomic mass is 16.5. The van der Waals surface area contributed by atoms with Gasteiger partial charge in [-0.1, -0.05) is 37.3 Å². The zero-order valence-electron chi connectivity index (χ0n) is 12.1. The predicted octanol–water partition coefficient (Wildman–Crippen LogP) is 4.03. The maximum Gasteiger partial charge on any atom is 0.344 e. The standard InChI is InChI=1S/C18H16O3/c1-3-14-15-6-4-5-7-16(15)21-18(19)17(14)12-8-10-13(20-2)11-9-12/h4-11H,3H2,1-2H3. The molecule has 0 spiro atoms. The van der Waals surface area contributed by atoms with Gasteiger partial charge in [0.25, 0.3) is 0 Å². The van der Waals surface area contributed by atoms with Gasteiger partial charge in [-0.2, -0.15) is 0 Å². The Morgan fingerprint density at radius 3 is 2.43 bits per heavy atom. The number of rotatable bonds is 3. The fourth-order valence-corrected chi connectivity index (χ4v) is 2.63. The van der Waals surface area contributed by atoms with Gasteiger partial charge < -0.3 is 9.15 Å². The summed E-state index contributed by atoms with van der Waals surface area (Å²) in [6.07, 6.45) is 0.771. The van der Waals surface area contributed by atoms with Gasteiger partial charge in [0.05, 0.1) is 12.7 Å². The average Bonchev–Trinajstić information content (AvgIpc) is 2.53. The highest BCUT2D eigenvalue weighted by Crippen LogP contribution is 2.28. The van der Waals surface area contributed by atoms with Crippen molar-refractivity contribution >= 4 is 11.0 Å². The number of para-hydroxylation sites is 1. The van der Waals surface area contributed by atoms with Crippen LogP contribution in [0.3, 0.4) is 0 Å². The number of benzene rings is 2. The van der Waals surface area contributed by atoms with Crippen LogP contribution in [0, 0.1) is 0 Å². The lowest BCUT2D eigenvalue weighted by molar-refractivity contribution is 0.415. The Morgan fingerprint density at radius 1 is 1.05 bits per heavy atom. The largest absolute Gasteiger partial charge is 0.497 e. The summed E-state index contributed by atoms with van der Waals surface area (Å²) in [6.45, 7) is 2.05. The summed E-state index contributed by atoms with van der Waals surface area (Å²) in [5.74, 6) is 0.766. The first-order chi connectivity index (χ1) is 10.2. The second-order valence-electron chi connectivity index (χ2n) is 4.82. The Labute approximate surface area is 122 Å². The smallest absolute Gasteiger partial charge is 0.344 e. The topological polar surface area (TPSA) is 39.4 Å². The van der Waals surface area contributed by atoms with Gasteiger partial charge >= 0.3 is 5.63 Å². The molecule has 3 nitrogen and oxygen atoms in total. The van der Waals surface area contributed by atoms with Gasteiger partial charge in [0, 0.05) is 5.39 Å². The fraction of sp³-hybridized carbons (Fsp3) is 0.167. The van der Waals surface area contributed by atoms with E-state index in [-0.39, 0.29) is 5.63 Å². The van der Waals surface area contributed by atoms with E-state index in [0.717, 1.165) is 28.7 Å². The Hall–Kier alpha value is -2.55. The Balaban J connectivity index is 2.30. The van der Waals surface area contributed by atoms with Gasteiger partial charge in [0.15, 0.2) is 0 Å². The SMILES string of the molecule is CCc1c(-c2ccc(OC)cc2)c(=O)oc2ccccc12. The molecule has 3 rings (SSSR count). The molecule has 0 N–H and O–H groups in total.